The van der Waals surface area contributed by atoms with Gasteiger partial charge in [0.15, 0.2) is 5.82 Å². The molecule has 0 N–H and O–H groups in total. The van der Waals surface area contributed by atoms with Crippen LogP contribution in [0.15, 0.2) is 42.7 Å². The molecule has 1 fully saturated rings. The van der Waals surface area contributed by atoms with Crippen molar-refractivity contribution in [2.24, 2.45) is 5.92 Å². The molecule has 0 bridgehead atoms. The van der Waals surface area contributed by atoms with E-state index >= 15 is 0 Å². The van der Waals surface area contributed by atoms with Crippen LogP contribution in [0.3, 0.4) is 0 Å². The standard InChI is InChI=1S/C19H24N2/c1-2-4-15-5-7-16(8-6-15)17-9-11-18(12-10-17)19-20-13-3-14-21-19/h3,9-16H,2,4-8H2,1H3. The van der Waals surface area contributed by atoms with E-state index in [9.17, 15) is 0 Å². The van der Waals surface area contributed by atoms with E-state index in [-0.39, 0.29) is 0 Å². The van der Waals surface area contributed by atoms with Gasteiger partial charge in [0.1, 0.15) is 0 Å². The van der Waals surface area contributed by atoms with Crippen molar-refractivity contribution in [1.29, 1.82) is 0 Å². The fourth-order valence-corrected chi connectivity index (χ4v) is 3.55. The maximum atomic E-state index is 4.31. The zero-order valence-electron chi connectivity index (χ0n) is 12.8. The first-order valence-electron chi connectivity index (χ1n) is 8.24. The first-order chi connectivity index (χ1) is 10.4. The Morgan fingerprint density at radius 1 is 0.952 bits per heavy atom. The van der Waals surface area contributed by atoms with Crippen LogP contribution in [0, 0.1) is 5.92 Å². The summed E-state index contributed by atoms with van der Waals surface area (Å²) in [6.45, 7) is 2.30. The van der Waals surface area contributed by atoms with Crippen LogP contribution < -0.4 is 0 Å². The van der Waals surface area contributed by atoms with Gasteiger partial charge < -0.3 is 0 Å². The second-order valence-corrected chi connectivity index (χ2v) is 6.20. The fraction of sp³-hybridized carbons (Fsp3) is 0.474. The van der Waals surface area contributed by atoms with Gasteiger partial charge in [-0.05, 0) is 49.1 Å². The molecule has 0 amide bonds. The Balaban J connectivity index is 1.65. The summed E-state index contributed by atoms with van der Waals surface area (Å²) in [4.78, 5) is 8.62. The van der Waals surface area contributed by atoms with E-state index < -0.39 is 0 Å². The Hall–Kier alpha value is -1.70. The van der Waals surface area contributed by atoms with Gasteiger partial charge in [-0.2, -0.15) is 0 Å². The van der Waals surface area contributed by atoms with Crippen molar-refractivity contribution in [3.05, 3.63) is 48.3 Å². The maximum Gasteiger partial charge on any atom is 0.159 e. The number of rotatable bonds is 4. The second-order valence-electron chi connectivity index (χ2n) is 6.20. The van der Waals surface area contributed by atoms with Gasteiger partial charge in [0, 0.05) is 18.0 Å². The van der Waals surface area contributed by atoms with Crippen molar-refractivity contribution >= 4 is 0 Å². The summed E-state index contributed by atoms with van der Waals surface area (Å²) >= 11 is 0. The first-order valence-corrected chi connectivity index (χ1v) is 8.24. The Morgan fingerprint density at radius 3 is 2.24 bits per heavy atom. The normalized spacial score (nSPS) is 22.1. The molecule has 21 heavy (non-hydrogen) atoms. The lowest BCUT2D eigenvalue weighted by Gasteiger charge is -2.28. The van der Waals surface area contributed by atoms with Gasteiger partial charge in [-0.1, -0.05) is 44.0 Å². The van der Waals surface area contributed by atoms with E-state index in [1.54, 1.807) is 12.4 Å². The summed E-state index contributed by atoms with van der Waals surface area (Å²) in [5.74, 6) is 2.54. The summed E-state index contributed by atoms with van der Waals surface area (Å²) in [6, 6.07) is 10.7. The molecule has 1 aromatic heterocycles. The summed E-state index contributed by atoms with van der Waals surface area (Å²) in [5, 5.41) is 0. The summed E-state index contributed by atoms with van der Waals surface area (Å²) in [6.07, 6.45) is 11.9. The van der Waals surface area contributed by atoms with E-state index in [0.717, 1.165) is 23.2 Å². The van der Waals surface area contributed by atoms with Crippen molar-refractivity contribution in [3.63, 3.8) is 0 Å². The molecule has 0 atom stereocenters. The molecule has 1 aromatic carbocycles. The lowest BCUT2D eigenvalue weighted by Crippen LogP contribution is -2.13. The van der Waals surface area contributed by atoms with Crippen molar-refractivity contribution in [3.8, 4) is 11.4 Å². The van der Waals surface area contributed by atoms with Crippen molar-refractivity contribution in [2.75, 3.05) is 0 Å². The predicted octanol–water partition coefficient (Wildman–Crippen LogP) is 5.22. The zero-order valence-corrected chi connectivity index (χ0v) is 12.8. The largest absolute Gasteiger partial charge is 0.237 e. The highest BCUT2D eigenvalue weighted by Crippen LogP contribution is 2.37. The first kappa shape index (κ1) is 14.2. The van der Waals surface area contributed by atoms with Gasteiger partial charge >= 0.3 is 0 Å². The Labute approximate surface area is 127 Å². The van der Waals surface area contributed by atoms with Crippen molar-refractivity contribution in [1.82, 2.24) is 9.97 Å². The fourth-order valence-electron chi connectivity index (χ4n) is 3.55. The highest BCUT2D eigenvalue weighted by atomic mass is 14.8. The maximum absolute atomic E-state index is 4.31. The monoisotopic (exact) mass is 280 g/mol. The van der Waals surface area contributed by atoms with Crippen LogP contribution in [0.2, 0.25) is 0 Å². The van der Waals surface area contributed by atoms with E-state index in [1.165, 1.54) is 44.1 Å². The molecule has 0 unspecified atom stereocenters. The Bertz CT molecular complexity index is 540. The number of benzene rings is 1. The molecule has 2 nitrogen and oxygen atoms in total. The van der Waals surface area contributed by atoms with E-state index in [4.69, 9.17) is 0 Å². The molecular weight excluding hydrogens is 256 g/mol. The smallest absolute Gasteiger partial charge is 0.159 e. The van der Waals surface area contributed by atoms with Gasteiger partial charge in [0.05, 0.1) is 0 Å². The van der Waals surface area contributed by atoms with Gasteiger partial charge in [0.25, 0.3) is 0 Å². The third-order valence-electron chi connectivity index (χ3n) is 4.75. The molecule has 2 aromatic rings. The van der Waals surface area contributed by atoms with E-state index in [1.807, 2.05) is 6.07 Å². The SMILES string of the molecule is CCCC1CCC(c2ccc(-c3ncccn3)cc2)CC1. The second kappa shape index (κ2) is 6.84. The topological polar surface area (TPSA) is 25.8 Å². The molecule has 1 heterocycles. The minimum absolute atomic E-state index is 0.754. The molecule has 0 saturated heterocycles. The molecule has 3 rings (SSSR count). The Kier molecular flexibility index (Phi) is 4.64. The molecular formula is C19H24N2. The third-order valence-corrected chi connectivity index (χ3v) is 4.75. The zero-order chi connectivity index (χ0) is 14.5. The minimum Gasteiger partial charge on any atom is -0.237 e. The minimum atomic E-state index is 0.754. The van der Waals surface area contributed by atoms with Crippen LogP contribution in [0.5, 0.6) is 0 Å². The number of nitrogens with zero attached hydrogens (tertiary/aromatic N) is 2. The van der Waals surface area contributed by atoms with Crippen molar-refractivity contribution < 1.29 is 0 Å². The van der Waals surface area contributed by atoms with Crippen LogP contribution in [0.1, 0.15) is 56.9 Å². The molecule has 0 aliphatic heterocycles. The van der Waals surface area contributed by atoms with Crippen LogP contribution >= 0.6 is 0 Å². The number of aromatic nitrogens is 2. The van der Waals surface area contributed by atoms with Gasteiger partial charge in [-0.3, -0.25) is 0 Å². The molecule has 0 radical (unpaired) electrons. The van der Waals surface area contributed by atoms with Gasteiger partial charge in [0.2, 0.25) is 0 Å². The van der Waals surface area contributed by atoms with Crippen LogP contribution in [-0.2, 0) is 0 Å². The molecule has 1 saturated carbocycles. The van der Waals surface area contributed by atoms with Crippen LogP contribution in [0.25, 0.3) is 11.4 Å². The van der Waals surface area contributed by atoms with Gasteiger partial charge in [-0.25, -0.2) is 9.97 Å². The molecule has 1 aliphatic carbocycles. The average Bonchev–Trinajstić information content (AvgIpc) is 2.57. The molecule has 1 aliphatic rings. The third kappa shape index (κ3) is 3.49. The lowest BCUT2D eigenvalue weighted by molar-refractivity contribution is 0.308. The number of hydrogen-bond acceptors (Lipinski definition) is 2. The Morgan fingerprint density at radius 2 is 1.62 bits per heavy atom. The summed E-state index contributed by atoms with van der Waals surface area (Å²) in [7, 11) is 0. The number of hydrogen-bond donors (Lipinski definition) is 0. The lowest BCUT2D eigenvalue weighted by atomic mass is 9.77. The van der Waals surface area contributed by atoms with Crippen LogP contribution in [0.4, 0.5) is 0 Å². The van der Waals surface area contributed by atoms with E-state index in [2.05, 4.69) is 41.2 Å². The van der Waals surface area contributed by atoms with Crippen LogP contribution in [-0.4, -0.2) is 9.97 Å². The highest BCUT2D eigenvalue weighted by Gasteiger charge is 2.21. The average molecular weight is 280 g/mol. The molecule has 0 spiro atoms. The summed E-state index contributed by atoms with van der Waals surface area (Å²) in [5.41, 5.74) is 2.60. The van der Waals surface area contributed by atoms with E-state index in [0.29, 0.717) is 0 Å². The van der Waals surface area contributed by atoms with Gasteiger partial charge in [-0.15, -0.1) is 0 Å². The summed E-state index contributed by atoms with van der Waals surface area (Å²) < 4.78 is 0. The molecule has 110 valence electrons. The molecule has 2 heteroatoms. The predicted molar refractivity (Wildman–Crippen MR) is 87.1 cm³/mol. The quantitative estimate of drug-likeness (QED) is 0.767. The van der Waals surface area contributed by atoms with Crippen molar-refractivity contribution in [2.45, 2.75) is 51.4 Å². The highest BCUT2D eigenvalue weighted by molar-refractivity contribution is 5.55.